The average molecular weight is 396 g/mol. The van der Waals surface area contributed by atoms with Crippen molar-refractivity contribution in [3.05, 3.63) is 29.5 Å². The van der Waals surface area contributed by atoms with Crippen molar-refractivity contribution in [3.63, 3.8) is 0 Å². The van der Waals surface area contributed by atoms with Crippen LogP contribution in [0.4, 0.5) is 0 Å². The number of carboxylic acid groups (broad SMARTS) is 1. The molecule has 1 aromatic heterocycles. The molecule has 1 aromatic carbocycles. The lowest BCUT2D eigenvalue weighted by molar-refractivity contribution is -0.181. The van der Waals surface area contributed by atoms with Crippen LogP contribution < -0.4 is 0 Å². The van der Waals surface area contributed by atoms with E-state index < -0.39 is 11.4 Å². The summed E-state index contributed by atoms with van der Waals surface area (Å²) in [6.45, 7) is 4.15. The number of carboxylic acids is 1. The summed E-state index contributed by atoms with van der Waals surface area (Å²) in [5.74, 6) is 0.142. The summed E-state index contributed by atoms with van der Waals surface area (Å²) in [6, 6.07) is 6.43. The van der Waals surface area contributed by atoms with E-state index in [1.54, 1.807) is 0 Å². The van der Waals surface area contributed by atoms with E-state index in [-0.39, 0.29) is 23.9 Å². The standard InChI is InChI=1S/C23H29N3O3/c1-3-15-10-23(22(28)29)11-16(12-23)26(15)19(27)9-13(2)21-20-17(14-7-8-14)5-4-6-18(20)24-25-21/h4-6,13-16H,3,7-12H2,1-2H3,(H,24,25)(H,28,29). The maximum Gasteiger partial charge on any atom is 0.309 e. The minimum atomic E-state index is -0.691. The highest BCUT2D eigenvalue weighted by Crippen LogP contribution is 2.54. The first-order valence-electron chi connectivity index (χ1n) is 10.9. The normalized spacial score (nSPS) is 29.5. The van der Waals surface area contributed by atoms with Crippen molar-refractivity contribution in [2.75, 3.05) is 0 Å². The maximum atomic E-state index is 13.3. The number of amides is 1. The second kappa shape index (κ2) is 6.57. The van der Waals surface area contributed by atoms with Crippen LogP contribution in [0, 0.1) is 5.41 Å². The van der Waals surface area contributed by atoms with Gasteiger partial charge in [-0.1, -0.05) is 26.0 Å². The van der Waals surface area contributed by atoms with Crippen LogP contribution in [-0.2, 0) is 9.59 Å². The zero-order valence-electron chi connectivity index (χ0n) is 17.1. The molecule has 4 fully saturated rings. The number of benzene rings is 1. The number of aliphatic carboxylic acids is 1. The molecular weight excluding hydrogens is 366 g/mol. The van der Waals surface area contributed by atoms with Crippen LogP contribution in [0.15, 0.2) is 18.2 Å². The van der Waals surface area contributed by atoms with Gasteiger partial charge in [0, 0.05) is 35.5 Å². The summed E-state index contributed by atoms with van der Waals surface area (Å²) in [4.78, 5) is 27.0. The summed E-state index contributed by atoms with van der Waals surface area (Å²) in [7, 11) is 0. The molecule has 4 aliphatic rings. The van der Waals surface area contributed by atoms with Crippen LogP contribution >= 0.6 is 0 Å². The summed E-state index contributed by atoms with van der Waals surface area (Å²) < 4.78 is 0. The van der Waals surface area contributed by atoms with E-state index >= 15 is 0 Å². The van der Waals surface area contributed by atoms with E-state index in [0.29, 0.717) is 31.6 Å². The third-order valence-corrected chi connectivity index (χ3v) is 7.51. The predicted molar refractivity (Wildman–Crippen MR) is 110 cm³/mol. The maximum absolute atomic E-state index is 13.3. The molecule has 1 amide bonds. The first-order valence-corrected chi connectivity index (χ1v) is 10.9. The number of nitrogens with one attached hydrogen (secondary N) is 1. The Hall–Kier alpha value is -2.37. The van der Waals surface area contributed by atoms with Crippen LogP contribution in [-0.4, -0.2) is 44.2 Å². The minimum Gasteiger partial charge on any atom is -0.481 e. The fraction of sp³-hybridized carbons (Fsp3) is 0.609. The molecule has 2 bridgehead atoms. The highest BCUT2D eigenvalue weighted by molar-refractivity contribution is 5.87. The largest absolute Gasteiger partial charge is 0.481 e. The third-order valence-electron chi connectivity index (χ3n) is 7.51. The van der Waals surface area contributed by atoms with E-state index in [1.165, 1.54) is 23.8 Å². The van der Waals surface area contributed by atoms with E-state index in [4.69, 9.17) is 0 Å². The van der Waals surface area contributed by atoms with Crippen molar-refractivity contribution in [1.29, 1.82) is 0 Å². The second-order valence-electron chi connectivity index (χ2n) is 9.47. The molecule has 2 saturated carbocycles. The number of fused-ring (bicyclic) bond motifs is 3. The second-order valence-corrected chi connectivity index (χ2v) is 9.47. The number of nitrogens with zero attached hydrogens (tertiary/aromatic N) is 2. The SMILES string of the molecule is CCC1CC2(C(=O)O)CC(C2)N1C(=O)CC(C)c1[nH]nc2cccc(C3CC3)c12. The van der Waals surface area contributed by atoms with Crippen molar-refractivity contribution >= 4 is 22.8 Å². The number of aromatic amines is 1. The Bertz CT molecular complexity index is 971. The van der Waals surface area contributed by atoms with Gasteiger partial charge in [-0.05, 0) is 56.1 Å². The van der Waals surface area contributed by atoms with Gasteiger partial charge in [-0.3, -0.25) is 14.7 Å². The smallest absolute Gasteiger partial charge is 0.309 e. The number of carbonyl (C=O) groups excluding carboxylic acids is 1. The van der Waals surface area contributed by atoms with Crippen molar-refractivity contribution < 1.29 is 14.7 Å². The van der Waals surface area contributed by atoms with Crippen molar-refractivity contribution in [2.45, 2.75) is 82.7 Å². The quantitative estimate of drug-likeness (QED) is 0.768. The molecule has 6 heteroatoms. The van der Waals surface area contributed by atoms with Crippen molar-refractivity contribution in [1.82, 2.24) is 15.1 Å². The Balaban J connectivity index is 1.36. The van der Waals surface area contributed by atoms with E-state index in [1.807, 2.05) is 11.0 Å². The highest BCUT2D eigenvalue weighted by Gasteiger charge is 2.59. The first kappa shape index (κ1) is 18.6. The highest BCUT2D eigenvalue weighted by atomic mass is 16.4. The van der Waals surface area contributed by atoms with Gasteiger partial charge in [0.25, 0.3) is 0 Å². The molecule has 0 spiro atoms. The number of aromatic nitrogens is 2. The van der Waals surface area contributed by atoms with Gasteiger partial charge >= 0.3 is 5.97 Å². The molecule has 2 atom stereocenters. The van der Waals surface area contributed by atoms with Crippen LogP contribution in [0.5, 0.6) is 0 Å². The van der Waals surface area contributed by atoms with Gasteiger partial charge in [0.1, 0.15) is 0 Å². The summed E-state index contributed by atoms with van der Waals surface area (Å²) in [6.07, 6.45) is 5.52. The monoisotopic (exact) mass is 395 g/mol. The molecule has 6 nitrogen and oxygen atoms in total. The van der Waals surface area contributed by atoms with Gasteiger partial charge in [-0.15, -0.1) is 0 Å². The summed E-state index contributed by atoms with van der Waals surface area (Å²) in [5.41, 5.74) is 2.82. The Morgan fingerprint density at radius 3 is 2.72 bits per heavy atom. The molecule has 2 unspecified atom stereocenters. The topological polar surface area (TPSA) is 86.3 Å². The number of rotatable bonds is 6. The van der Waals surface area contributed by atoms with E-state index in [9.17, 15) is 14.7 Å². The van der Waals surface area contributed by atoms with Gasteiger partial charge in [-0.25, -0.2) is 0 Å². The van der Waals surface area contributed by atoms with Gasteiger partial charge in [-0.2, -0.15) is 5.10 Å². The Kier molecular flexibility index (Phi) is 4.23. The molecule has 154 valence electrons. The Labute approximate surface area is 170 Å². The van der Waals surface area contributed by atoms with Gasteiger partial charge < -0.3 is 10.0 Å². The van der Waals surface area contributed by atoms with Crippen molar-refractivity contribution in [2.24, 2.45) is 5.41 Å². The molecule has 2 N–H and O–H groups in total. The molecule has 29 heavy (non-hydrogen) atoms. The lowest BCUT2D eigenvalue weighted by Gasteiger charge is -2.58. The fourth-order valence-corrected chi connectivity index (χ4v) is 5.74. The molecule has 2 aromatic rings. The predicted octanol–water partition coefficient (Wildman–Crippen LogP) is 4.18. The van der Waals surface area contributed by atoms with Gasteiger partial charge in [0.2, 0.25) is 5.91 Å². The Morgan fingerprint density at radius 1 is 1.31 bits per heavy atom. The summed E-state index contributed by atoms with van der Waals surface area (Å²) >= 11 is 0. The first-order chi connectivity index (χ1) is 13.9. The molecule has 2 aliphatic carbocycles. The minimum absolute atomic E-state index is 0.0406. The zero-order chi connectivity index (χ0) is 20.3. The molecule has 3 heterocycles. The zero-order valence-corrected chi connectivity index (χ0v) is 17.1. The molecule has 6 rings (SSSR count). The van der Waals surface area contributed by atoms with Crippen LogP contribution in [0.2, 0.25) is 0 Å². The van der Waals surface area contributed by atoms with Crippen LogP contribution in [0.3, 0.4) is 0 Å². The summed E-state index contributed by atoms with van der Waals surface area (Å²) in [5, 5.41) is 18.5. The van der Waals surface area contributed by atoms with Crippen LogP contribution in [0.25, 0.3) is 10.9 Å². The van der Waals surface area contributed by atoms with Gasteiger partial charge in [0.05, 0.1) is 10.9 Å². The Morgan fingerprint density at radius 2 is 2.07 bits per heavy atom. The molecule has 2 saturated heterocycles. The average Bonchev–Trinajstić information content (AvgIpc) is 3.44. The number of H-pyrrole nitrogens is 1. The number of hydrogen-bond donors (Lipinski definition) is 2. The lowest BCUT2D eigenvalue weighted by atomic mass is 9.57. The fourth-order valence-electron chi connectivity index (χ4n) is 5.74. The number of hydrogen-bond acceptors (Lipinski definition) is 3. The molecular formula is C23H29N3O3. The lowest BCUT2D eigenvalue weighted by Crippen LogP contribution is -2.66. The third kappa shape index (κ3) is 2.87. The molecule has 0 radical (unpaired) electrons. The van der Waals surface area contributed by atoms with E-state index in [2.05, 4.69) is 36.2 Å². The van der Waals surface area contributed by atoms with Crippen molar-refractivity contribution in [3.8, 4) is 0 Å². The van der Waals surface area contributed by atoms with Crippen LogP contribution in [0.1, 0.15) is 81.9 Å². The number of piperidine rings is 2. The molecule has 2 aliphatic heterocycles. The van der Waals surface area contributed by atoms with E-state index in [0.717, 1.165) is 17.6 Å². The van der Waals surface area contributed by atoms with Gasteiger partial charge in [0.15, 0.2) is 0 Å². The number of carbonyl (C=O) groups is 2.